The average molecular weight is 805 g/mol. The molecular weight excluding hydrogens is 761 g/mol. The zero-order valence-electron chi connectivity index (χ0n) is 30.8. The van der Waals surface area contributed by atoms with Gasteiger partial charge in [-0.15, -0.1) is 11.3 Å². The van der Waals surface area contributed by atoms with E-state index >= 15 is 0 Å². The number of carbonyl (C=O) groups excluding carboxylic acids is 3. The molecule has 5 aromatic rings. The minimum absolute atomic E-state index is 0.0854. The van der Waals surface area contributed by atoms with E-state index in [0.29, 0.717) is 42.7 Å². The van der Waals surface area contributed by atoms with Crippen molar-refractivity contribution in [1.82, 2.24) is 33.7 Å². The highest BCUT2D eigenvalue weighted by atomic mass is 32.1. The van der Waals surface area contributed by atoms with E-state index in [9.17, 15) is 14.4 Å². The number of Topliss-reactive ketones (excluding diaryl/α,β-unsaturated/α-hetero) is 1. The summed E-state index contributed by atoms with van der Waals surface area (Å²) in [5.41, 5.74) is 18.9. The number of thiazole rings is 1. The minimum Gasteiger partial charge on any atom is -0.364 e. The molecule has 7 rings (SSSR count). The average Bonchev–Trinajstić information content (AvgIpc) is 3.88. The summed E-state index contributed by atoms with van der Waals surface area (Å²) in [7, 11) is 0. The molecule has 8 N–H and O–H groups in total. The summed E-state index contributed by atoms with van der Waals surface area (Å²) in [6.45, 7) is 8.92. The van der Waals surface area contributed by atoms with Gasteiger partial charge in [-0.25, -0.2) is 24.9 Å². The predicted molar refractivity (Wildman–Crippen MR) is 216 cm³/mol. The van der Waals surface area contributed by atoms with Gasteiger partial charge in [-0.05, 0) is 87.6 Å². The van der Waals surface area contributed by atoms with Gasteiger partial charge in [-0.3, -0.25) is 14.4 Å². The van der Waals surface area contributed by atoms with Crippen LogP contribution in [0.1, 0.15) is 74.4 Å². The number of primary amides is 2. The molecule has 5 aromatic heterocycles. The van der Waals surface area contributed by atoms with Crippen molar-refractivity contribution in [2.45, 2.75) is 65.3 Å². The van der Waals surface area contributed by atoms with Crippen LogP contribution in [0.3, 0.4) is 0 Å². The first-order chi connectivity index (χ1) is 26.4. The van der Waals surface area contributed by atoms with E-state index in [4.69, 9.17) is 17.2 Å². The van der Waals surface area contributed by atoms with Gasteiger partial charge in [-0.2, -0.15) is 8.75 Å². The lowest BCUT2D eigenvalue weighted by atomic mass is 9.92. The Labute approximate surface area is 330 Å². The first-order valence-electron chi connectivity index (χ1n) is 17.8. The molecule has 2 atom stereocenters. The molecule has 7 heterocycles. The monoisotopic (exact) mass is 804 g/mol. The number of nitrogens with one attached hydrogen (secondary N) is 2. The van der Waals surface area contributed by atoms with Crippen molar-refractivity contribution in [2.24, 2.45) is 23.1 Å². The molecule has 2 aliphatic rings. The number of rotatable bonds is 12. The van der Waals surface area contributed by atoms with E-state index in [1.54, 1.807) is 23.7 Å². The molecule has 2 aliphatic heterocycles. The number of nitrogens with zero attached hydrogens (tertiary/aromatic N) is 9. The molecule has 17 nitrogen and oxygen atoms in total. The van der Waals surface area contributed by atoms with Crippen molar-refractivity contribution in [1.29, 1.82) is 0 Å². The van der Waals surface area contributed by atoms with Gasteiger partial charge in [0.25, 0.3) is 11.8 Å². The van der Waals surface area contributed by atoms with Crippen molar-refractivity contribution in [2.75, 3.05) is 46.6 Å². The highest BCUT2D eigenvalue weighted by molar-refractivity contribution is 7.11. The molecule has 55 heavy (non-hydrogen) atoms. The van der Waals surface area contributed by atoms with Gasteiger partial charge in [-0.1, -0.05) is 0 Å². The summed E-state index contributed by atoms with van der Waals surface area (Å²) in [4.78, 5) is 63.2. The standard InChI is InChI=1S/C21H25N7O2S2.C14H19N7OS/c1-12-6-18(32-27-12)26-21-19(20(22)30)24-10-16(25-21)28-5-3-4-14(11-28)7-15(29)8-17-23-9-13(2)31-17;1-8-5-11(23-20-8)19-14-12(13(16)22)17-6-10(18-14)21-4-2-3-9(15)7-21/h6,9-10,14H,3-5,7-8,11H2,1-2H3,(H2,22,30)(H,25,26);5-6,9H,2-4,7,15H2,1H3,(H2,16,22)(H,18,19)/t14-;9-/m01/s1. The lowest BCUT2D eigenvalue weighted by Crippen LogP contribution is -2.43. The van der Waals surface area contributed by atoms with Crippen LogP contribution < -0.4 is 37.6 Å². The predicted octanol–water partition coefficient (Wildman–Crippen LogP) is 4.28. The lowest BCUT2D eigenvalue weighted by Gasteiger charge is -2.33. The van der Waals surface area contributed by atoms with Gasteiger partial charge in [0.05, 0.1) is 30.2 Å². The second-order valence-electron chi connectivity index (χ2n) is 13.6. The Kier molecular flexibility index (Phi) is 12.9. The van der Waals surface area contributed by atoms with Crippen LogP contribution in [0, 0.1) is 26.7 Å². The molecular formula is C35H44N14O3S3. The second-order valence-corrected chi connectivity index (χ2v) is 16.5. The maximum Gasteiger partial charge on any atom is 0.271 e. The first kappa shape index (κ1) is 39.5. The highest BCUT2D eigenvalue weighted by Gasteiger charge is 2.26. The number of ketones is 1. The number of aromatic nitrogens is 7. The number of piperidine rings is 2. The van der Waals surface area contributed by atoms with Crippen LogP contribution in [0.25, 0.3) is 0 Å². The van der Waals surface area contributed by atoms with Crippen LogP contribution >= 0.6 is 34.4 Å². The second kappa shape index (κ2) is 18.0. The van der Waals surface area contributed by atoms with E-state index in [-0.39, 0.29) is 29.1 Å². The molecule has 2 fully saturated rings. The number of amides is 2. The summed E-state index contributed by atoms with van der Waals surface area (Å²) < 4.78 is 8.43. The van der Waals surface area contributed by atoms with Crippen molar-refractivity contribution < 1.29 is 14.4 Å². The van der Waals surface area contributed by atoms with Gasteiger partial charge >= 0.3 is 0 Å². The molecule has 2 amide bonds. The molecule has 0 bridgehead atoms. The largest absolute Gasteiger partial charge is 0.364 e. The molecule has 290 valence electrons. The summed E-state index contributed by atoms with van der Waals surface area (Å²) in [5.74, 6) is 1.20. The Morgan fingerprint density at radius 3 is 1.80 bits per heavy atom. The Bertz CT molecular complexity index is 2130. The van der Waals surface area contributed by atoms with Crippen LogP contribution in [0.2, 0.25) is 0 Å². The van der Waals surface area contributed by atoms with E-state index < -0.39 is 11.8 Å². The Balaban J connectivity index is 0.000000197. The number of aryl methyl sites for hydroxylation is 3. The highest BCUT2D eigenvalue weighted by Crippen LogP contribution is 2.29. The summed E-state index contributed by atoms with van der Waals surface area (Å²) in [6.07, 6.45) is 9.85. The van der Waals surface area contributed by atoms with Gasteiger partial charge in [0.2, 0.25) is 0 Å². The fourth-order valence-corrected chi connectivity index (χ4v) is 8.52. The Hall–Kier alpha value is -5.18. The number of hydrogen-bond donors (Lipinski definition) is 5. The molecule has 0 saturated carbocycles. The molecule has 20 heteroatoms. The Morgan fingerprint density at radius 2 is 1.33 bits per heavy atom. The van der Waals surface area contributed by atoms with E-state index in [1.165, 1.54) is 23.1 Å². The Morgan fingerprint density at radius 1 is 0.782 bits per heavy atom. The first-order valence-corrected chi connectivity index (χ1v) is 20.2. The third-order valence-electron chi connectivity index (χ3n) is 8.88. The van der Waals surface area contributed by atoms with Gasteiger partial charge in [0.1, 0.15) is 32.4 Å². The summed E-state index contributed by atoms with van der Waals surface area (Å²) in [5, 5.41) is 8.63. The molecule has 2 saturated heterocycles. The van der Waals surface area contributed by atoms with Crippen molar-refractivity contribution in [3.63, 3.8) is 0 Å². The number of nitrogens with two attached hydrogens (primary N) is 3. The maximum absolute atomic E-state index is 12.6. The summed E-state index contributed by atoms with van der Waals surface area (Å²) in [6, 6.07) is 3.87. The van der Waals surface area contributed by atoms with Crippen LogP contribution in [-0.2, 0) is 11.2 Å². The number of hydrogen-bond acceptors (Lipinski definition) is 18. The molecule has 0 spiro atoms. The molecule has 0 aromatic carbocycles. The van der Waals surface area contributed by atoms with Crippen molar-refractivity contribution in [3.05, 3.63) is 63.4 Å². The van der Waals surface area contributed by atoms with Crippen LogP contribution in [0.15, 0.2) is 30.7 Å². The van der Waals surface area contributed by atoms with E-state index in [0.717, 1.165) is 76.6 Å². The summed E-state index contributed by atoms with van der Waals surface area (Å²) >= 11 is 4.15. The van der Waals surface area contributed by atoms with Crippen LogP contribution in [0.5, 0.6) is 0 Å². The topological polar surface area (TPSA) is 250 Å². The van der Waals surface area contributed by atoms with Crippen LogP contribution in [-0.4, -0.2) is 83.5 Å². The smallest absolute Gasteiger partial charge is 0.271 e. The molecule has 0 aliphatic carbocycles. The van der Waals surface area contributed by atoms with Gasteiger partial charge in [0, 0.05) is 49.7 Å². The SMILES string of the molecule is Cc1cc(Nc2nc(N3CCC[C@@H](CC(=O)Cc4ncc(C)s4)C3)cnc2C(N)=O)sn1.Cc1cc(Nc2nc(N3CCC[C@@H](N)C3)cnc2C(N)=O)sn1. The fourth-order valence-electron chi connectivity index (χ4n) is 6.38. The van der Waals surface area contributed by atoms with Gasteiger partial charge in [0.15, 0.2) is 23.0 Å². The zero-order valence-corrected chi connectivity index (χ0v) is 33.3. The molecule has 0 radical (unpaired) electrons. The zero-order chi connectivity index (χ0) is 39.1. The van der Waals surface area contributed by atoms with Gasteiger partial charge < -0.3 is 37.6 Å². The lowest BCUT2D eigenvalue weighted by molar-refractivity contribution is -0.119. The third kappa shape index (κ3) is 10.7. The van der Waals surface area contributed by atoms with E-state index in [1.807, 2.05) is 39.1 Å². The van der Waals surface area contributed by atoms with Crippen molar-refractivity contribution >= 4 is 85.3 Å². The number of carbonyl (C=O) groups is 3. The molecule has 0 unspecified atom stereocenters. The third-order valence-corrected chi connectivity index (χ3v) is 11.4. The quantitative estimate of drug-likeness (QED) is 0.118. The van der Waals surface area contributed by atoms with Crippen molar-refractivity contribution in [3.8, 4) is 0 Å². The fraction of sp³-hybridized carbons (Fsp3) is 0.429. The normalized spacial score (nSPS) is 16.9. The van der Waals surface area contributed by atoms with E-state index in [2.05, 4.69) is 54.1 Å². The maximum atomic E-state index is 12.6. The minimum atomic E-state index is -0.646. The van der Waals surface area contributed by atoms with Crippen LogP contribution in [0.4, 0.5) is 33.3 Å². The number of anilines is 6.